The van der Waals surface area contributed by atoms with Crippen LogP contribution < -0.4 is 10.6 Å². The highest BCUT2D eigenvalue weighted by molar-refractivity contribution is 8.14. The highest BCUT2D eigenvalue weighted by Crippen LogP contribution is 2.36. The van der Waals surface area contributed by atoms with Gasteiger partial charge in [-0.2, -0.15) is 0 Å². The molecule has 0 radical (unpaired) electrons. The maximum absolute atomic E-state index is 11.0. The Morgan fingerprint density at radius 1 is 1.24 bits per heavy atom. The lowest BCUT2D eigenvalue weighted by atomic mass is 9.93. The van der Waals surface area contributed by atoms with E-state index < -0.39 is 0 Å². The maximum Gasteiger partial charge on any atom is 0.221 e. The molecule has 1 saturated heterocycles. The fraction of sp³-hybridized carbons (Fsp3) is 0.467. The SMILES string of the molecule is CC(=O)Nc1ccc(NC2=NC3(CCOCC3)CS2)cc1. The first-order valence-electron chi connectivity index (χ1n) is 7.10. The molecule has 0 aromatic heterocycles. The van der Waals surface area contributed by atoms with Crippen molar-refractivity contribution in [2.45, 2.75) is 25.3 Å². The Labute approximate surface area is 128 Å². The largest absolute Gasteiger partial charge is 0.381 e. The van der Waals surface area contributed by atoms with Crippen molar-refractivity contribution in [2.24, 2.45) is 4.99 Å². The van der Waals surface area contributed by atoms with Gasteiger partial charge in [-0.15, -0.1) is 0 Å². The highest BCUT2D eigenvalue weighted by atomic mass is 32.2. The third-order valence-corrected chi connectivity index (χ3v) is 4.84. The zero-order valence-corrected chi connectivity index (χ0v) is 12.8. The number of nitrogens with zero attached hydrogens (tertiary/aromatic N) is 1. The first kappa shape index (κ1) is 14.4. The molecule has 5 nitrogen and oxygen atoms in total. The van der Waals surface area contributed by atoms with Crippen molar-refractivity contribution in [2.75, 3.05) is 29.6 Å². The van der Waals surface area contributed by atoms with Crippen LogP contribution in [0.1, 0.15) is 19.8 Å². The van der Waals surface area contributed by atoms with Crippen molar-refractivity contribution >= 4 is 34.2 Å². The van der Waals surface area contributed by atoms with E-state index in [9.17, 15) is 4.79 Å². The van der Waals surface area contributed by atoms with Crippen molar-refractivity contribution in [1.82, 2.24) is 0 Å². The topological polar surface area (TPSA) is 62.7 Å². The van der Waals surface area contributed by atoms with Crippen LogP contribution in [0.5, 0.6) is 0 Å². The van der Waals surface area contributed by atoms with Crippen LogP contribution in [0.25, 0.3) is 0 Å². The molecule has 112 valence electrons. The maximum atomic E-state index is 11.0. The summed E-state index contributed by atoms with van der Waals surface area (Å²) in [5.41, 5.74) is 1.86. The Bertz CT molecular complexity index is 551. The van der Waals surface area contributed by atoms with Gasteiger partial charge in [0.1, 0.15) is 0 Å². The number of carbonyl (C=O) groups excluding carboxylic acids is 1. The van der Waals surface area contributed by atoms with E-state index in [0.717, 1.165) is 48.4 Å². The van der Waals surface area contributed by atoms with Gasteiger partial charge in [-0.3, -0.25) is 9.79 Å². The van der Waals surface area contributed by atoms with Crippen LogP contribution >= 0.6 is 11.8 Å². The average Bonchev–Trinajstić information content (AvgIpc) is 2.84. The quantitative estimate of drug-likeness (QED) is 0.882. The third kappa shape index (κ3) is 3.57. The smallest absolute Gasteiger partial charge is 0.221 e. The van der Waals surface area contributed by atoms with Crippen LogP contribution in [0.3, 0.4) is 0 Å². The molecule has 1 aromatic carbocycles. The fourth-order valence-electron chi connectivity index (χ4n) is 2.52. The number of nitrogens with one attached hydrogen (secondary N) is 2. The Kier molecular flexibility index (Phi) is 4.17. The summed E-state index contributed by atoms with van der Waals surface area (Å²) in [6.45, 7) is 3.12. The summed E-state index contributed by atoms with van der Waals surface area (Å²) in [6, 6.07) is 7.66. The zero-order chi connectivity index (χ0) is 14.7. The minimum absolute atomic E-state index is 0.0621. The van der Waals surface area contributed by atoms with Gasteiger partial charge in [-0.25, -0.2) is 0 Å². The number of hydrogen-bond donors (Lipinski definition) is 2. The molecule has 0 unspecified atom stereocenters. The number of amides is 1. The Hall–Kier alpha value is -1.53. The number of rotatable bonds is 2. The van der Waals surface area contributed by atoms with Gasteiger partial charge in [-0.1, -0.05) is 11.8 Å². The third-order valence-electron chi connectivity index (χ3n) is 3.70. The van der Waals surface area contributed by atoms with E-state index >= 15 is 0 Å². The van der Waals surface area contributed by atoms with E-state index in [1.165, 1.54) is 6.92 Å². The second-order valence-corrected chi connectivity index (χ2v) is 6.39. The lowest BCUT2D eigenvalue weighted by Gasteiger charge is -2.29. The second-order valence-electron chi connectivity index (χ2n) is 5.43. The first-order chi connectivity index (χ1) is 10.2. The standard InChI is InChI=1S/C15H19N3O2S/c1-11(19)16-12-2-4-13(5-3-12)17-14-18-15(10-21-14)6-8-20-9-7-15/h2-5H,6-10H2,1H3,(H,16,19)(H,17,18). The summed E-state index contributed by atoms with van der Waals surface area (Å²) < 4.78 is 5.42. The summed E-state index contributed by atoms with van der Waals surface area (Å²) >= 11 is 1.77. The molecule has 2 heterocycles. The molecule has 0 bridgehead atoms. The summed E-state index contributed by atoms with van der Waals surface area (Å²) in [4.78, 5) is 15.9. The van der Waals surface area contributed by atoms with E-state index in [4.69, 9.17) is 9.73 Å². The molecular formula is C15H19N3O2S. The predicted octanol–water partition coefficient (Wildman–Crippen LogP) is 2.71. The number of ether oxygens (including phenoxy) is 1. The number of benzene rings is 1. The Morgan fingerprint density at radius 2 is 1.90 bits per heavy atom. The Morgan fingerprint density at radius 3 is 2.57 bits per heavy atom. The molecule has 6 heteroatoms. The van der Waals surface area contributed by atoms with Crippen LogP contribution in [0, 0.1) is 0 Å². The molecule has 0 saturated carbocycles. The van der Waals surface area contributed by atoms with E-state index in [2.05, 4.69) is 10.6 Å². The summed E-state index contributed by atoms with van der Waals surface area (Å²) in [5, 5.41) is 7.08. The lowest BCUT2D eigenvalue weighted by molar-refractivity contribution is -0.114. The van der Waals surface area contributed by atoms with Crippen LogP contribution in [0.4, 0.5) is 11.4 Å². The molecule has 3 rings (SSSR count). The molecular weight excluding hydrogens is 286 g/mol. The van der Waals surface area contributed by atoms with Gasteiger partial charge in [0.2, 0.25) is 5.91 Å². The monoisotopic (exact) mass is 305 g/mol. The average molecular weight is 305 g/mol. The first-order valence-corrected chi connectivity index (χ1v) is 8.09. The van der Waals surface area contributed by atoms with E-state index in [1.807, 2.05) is 24.3 Å². The number of aliphatic imine (C=N–C) groups is 1. The van der Waals surface area contributed by atoms with E-state index in [0.29, 0.717) is 0 Å². The zero-order valence-electron chi connectivity index (χ0n) is 12.0. The van der Waals surface area contributed by atoms with E-state index in [-0.39, 0.29) is 11.4 Å². The normalized spacial score (nSPS) is 20.1. The molecule has 2 aliphatic heterocycles. The van der Waals surface area contributed by atoms with Gasteiger partial charge in [0, 0.05) is 37.3 Å². The molecule has 1 fully saturated rings. The van der Waals surface area contributed by atoms with Crippen LogP contribution in [-0.4, -0.2) is 35.6 Å². The molecule has 2 N–H and O–H groups in total. The Balaban J connectivity index is 1.64. The van der Waals surface area contributed by atoms with Gasteiger partial charge >= 0.3 is 0 Å². The number of amidine groups is 1. The van der Waals surface area contributed by atoms with Gasteiger partial charge < -0.3 is 15.4 Å². The van der Waals surface area contributed by atoms with Crippen LogP contribution in [0.2, 0.25) is 0 Å². The van der Waals surface area contributed by atoms with Crippen molar-refractivity contribution in [3.63, 3.8) is 0 Å². The van der Waals surface area contributed by atoms with Crippen molar-refractivity contribution in [3.05, 3.63) is 24.3 Å². The molecule has 1 aromatic rings. The number of hydrogen-bond acceptors (Lipinski definition) is 5. The van der Waals surface area contributed by atoms with Gasteiger partial charge in [0.05, 0.1) is 5.54 Å². The summed E-state index contributed by atoms with van der Waals surface area (Å²) in [7, 11) is 0. The van der Waals surface area contributed by atoms with E-state index in [1.54, 1.807) is 11.8 Å². The van der Waals surface area contributed by atoms with Gasteiger partial charge in [0.15, 0.2) is 5.17 Å². The summed E-state index contributed by atoms with van der Waals surface area (Å²) in [5.74, 6) is 0.968. The fourth-order valence-corrected chi connectivity index (χ4v) is 3.72. The number of carbonyl (C=O) groups is 1. The molecule has 1 amide bonds. The van der Waals surface area contributed by atoms with Gasteiger partial charge in [0.25, 0.3) is 0 Å². The van der Waals surface area contributed by atoms with Gasteiger partial charge in [-0.05, 0) is 37.1 Å². The molecule has 1 spiro atoms. The lowest BCUT2D eigenvalue weighted by Crippen LogP contribution is -2.34. The molecule has 21 heavy (non-hydrogen) atoms. The van der Waals surface area contributed by atoms with Crippen molar-refractivity contribution in [1.29, 1.82) is 0 Å². The molecule has 2 aliphatic rings. The summed E-state index contributed by atoms with van der Waals surface area (Å²) in [6.07, 6.45) is 2.01. The van der Waals surface area contributed by atoms with Crippen LogP contribution in [0.15, 0.2) is 29.3 Å². The number of thioether (sulfide) groups is 1. The minimum Gasteiger partial charge on any atom is -0.381 e. The van der Waals surface area contributed by atoms with Crippen molar-refractivity contribution in [3.8, 4) is 0 Å². The van der Waals surface area contributed by atoms with Crippen molar-refractivity contribution < 1.29 is 9.53 Å². The number of anilines is 2. The highest BCUT2D eigenvalue weighted by Gasteiger charge is 2.37. The van der Waals surface area contributed by atoms with Crippen LogP contribution in [-0.2, 0) is 9.53 Å². The predicted molar refractivity (Wildman–Crippen MR) is 87.0 cm³/mol. The molecule has 0 atom stereocenters. The second kappa shape index (κ2) is 6.07. The minimum atomic E-state index is -0.0621. The molecule has 0 aliphatic carbocycles.